The van der Waals surface area contributed by atoms with Crippen molar-refractivity contribution in [2.24, 2.45) is 0 Å². The number of aliphatic hydroxyl groups is 1. The average molecular weight is 308 g/mol. The molecule has 1 aromatic heterocycles. The van der Waals surface area contributed by atoms with Crippen LogP contribution < -0.4 is 0 Å². The number of aliphatic hydroxyl groups excluding tert-OH is 1. The van der Waals surface area contributed by atoms with Crippen molar-refractivity contribution in [3.8, 4) is 0 Å². The first-order chi connectivity index (χ1) is 8.72. The van der Waals surface area contributed by atoms with Gasteiger partial charge in [-0.25, -0.2) is 9.67 Å². The number of halogens is 1. The maximum Gasteiger partial charge on any atom is 0.155 e. The number of benzene rings is 1. The Bertz CT molecular complexity index is 567. The lowest BCUT2D eigenvalue weighted by Crippen LogP contribution is -2.23. The second-order valence-corrected chi connectivity index (χ2v) is 5.44. The maximum atomic E-state index is 9.61. The Hall–Kier alpha value is -1.20. The van der Waals surface area contributed by atoms with Crippen molar-refractivity contribution in [3.05, 3.63) is 46.0 Å². The zero-order valence-electron chi connectivity index (χ0n) is 9.88. The molecule has 94 valence electrons. The Kier molecular flexibility index (Phi) is 3.18. The van der Waals surface area contributed by atoms with Gasteiger partial charge < -0.3 is 5.11 Å². The molecule has 0 saturated heterocycles. The van der Waals surface area contributed by atoms with Gasteiger partial charge in [0, 0.05) is 23.9 Å². The monoisotopic (exact) mass is 307 g/mol. The third-order valence-corrected chi connectivity index (χ3v) is 3.96. The fourth-order valence-corrected chi connectivity index (χ4v) is 2.65. The molecule has 3 rings (SSSR count). The Morgan fingerprint density at radius 2 is 2.22 bits per heavy atom. The standard InChI is InChI=1S/C13H14BrN3O/c14-11-4-2-1-3-9(11)7-12-15-13-8-10(18)5-6-17(13)16-12/h1-4,10,18H,5-8H2. The van der Waals surface area contributed by atoms with Crippen LogP contribution in [0.5, 0.6) is 0 Å². The number of fused-ring (bicyclic) bond motifs is 1. The maximum absolute atomic E-state index is 9.61. The van der Waals surface area contributed by atoms with Crippen molar-refractivity contribution in [2.45, 2.75) is 31.9 Å². The van der Waals surface area contributed by atoms with Crippen LogP contribution in [0.3, 0.4) is 0 Å². The first-order valence-corrected chi connectivity index (χ1v) is 6.86. The van der Waals surface area contributed by atoms with Gasteiger partial charge in [-0.2, -0.15) is 5.10 Å². The van der Waals surface area contributed by atoms with E-state index >= 15 is 0 Å². The third-order valence-electron chi connectivity index (χ3n) is 3.19. The van der Waals surface area contributed by atoms with Gasteiger partial charge in [-0.3, -0.25) is 0 Å². The fraction of sp³-hybridized carbons (Fsp3) is 0.385. The van der Waals surface area contributed by atoms with Gasteiger partial charge in [-0.1, -0.05) is 34.1 Å². The number of hydrogen-bond donors (Lipinski definition) is 1. The van der Waals surface area contributed by atoms with Crippen LogP contribution in [-0.4, -0.2) is 26.0 Å². The van der Waals surface area contributed by atoms with Crippen LogP contribution in [0, 0.1) is 0 Å². The second-order valence-electron chi connectivity index (χ2n) is 4.58. The minimum atomic E-state index is -0.266. The van der Waals surface area contributed by atoms with Crippen LogP contribution in [0.15, 0.2) is 28.7 Å². The molecule has 2 heterocycles. The molecule has 1 N–H and O–H groups in total. The summed E-state index contributed by atoms with van der Waals surface area (Å²) in [6.45, 7) is 0.763. The highest BCUT2D eigenvalue weighted by atomic mass is 79.9. The average Bonchev–Trinajstić information content (AvgIpc) is 2.73. The summed E-state index contributed by atoms with van der Waals surface area (Å²) in [6, 6.07) is 8.10. The van der Waals surface area contributed by atoms with Gasteiger partial charge >= 0.3 is 0 Å². The van der Waals surface area contributed by atoms with E-state index in [0.717, 1.165) is 35.5 Å². The highest BCUT2D eigenvalue weighted by molar-refractivity contribution is 9.10. The molecule has 4 nitrogen and oxygen atoms in total. The zero-order valence-corrected chi connectivity index (χ0v) is 11.5. The van der Waals surface area contributed by atoms with E-state index in [2.05, 4.69) is 32.1 Å². The third kappa shape index (κ3) is 2.33. The van der Waals surface area contributed by atoms with E-state index < -0.39 is 0 Å². The van der Waals surface area contributed by atoms with Crippen molar-refractivity contribution in [3.63, 3.8) is 0 Å². The molecule has 2 aromatic rings. The smallest absolute Gasteiger partial charge is 0.155 e. The highest BCUT2D eigenvalue weighted by Crippen LogP contribution is 2.19. The summed E-state index contributed by atoms with van der Waals surface area (Å²) in [5, 5.41) is 14.1. The van der Waals surface area contributed by atoms with E-state index in [4.69, 9.17) is 0 Å². The predicted molar refractivity (Wildman–Crippen MR) is 71.3 cm³/mol. The Balaban J connectivity index is 1.84. The summed E-state index contributed by atoms with van der Waals surface area (Å²) in [4.78, 5) is 4.51. The normalized spacial score (nSPS) is 18.7. The van der Waals surface area contributed by atoms with Crippen molar-refractivity contribution in [1.29, 1.82) is 0 Å². The lowest BCUT2D eigenvalue weighted by atomic mass is 10.1. The fourth-order valence-electron chi connectivity index (χ4n) is 2.23. The molecule has 1 atom stereocenters. The predicted octanol–water partition coefficient (Wildman–Crippen LogP) is 1.94. The van der Waals surface area contributed by atoms with Gasteiger partial charge in [0.1, 0.15) is 5.82 Å². The summed E-state index contributed by atoms with van der Waals surface area (Å²) < 4.78 is 3.00. The van der Waals surface area contributed by atoms with Crippen LogP contribution in [0.25, 0.3) is 0 Å². The van der Waals surface area contributed by atoms with Gasteiger partial charge in [-0.15, -0.1) is 0 Å². The van der Waals surface area contributed by atoms with Gasteiger partial charge in [0.05, 0.1) is 6.10 Å². The Morgan fingerprint density at radius 1 is 1.39 bits per heavy atom. The number of hydrogen-bond acceptors (Lipinski definition) is 3. The van der Waals surface area contributed by atoms with E-state index in [1.165, 1.54) is 5.56 Å². The molecule has 0 amide bonds. The Morgan fingerprint density at radius 3 is 3.06 bits per heavy atom. The van der Waals surface area contributed by atoms with E-state index in [-0.39, 0.29) is 6.10 Å². The molecule has 1 aliphatic heterocycles. The first kappa shape index (κ1) is 11.9. The minimum Gasteiger partial charge on any atom is -0.393 e. The number of aromatic nitrogens is 3. The SMILES string of the molecule is OC1CCn2nc(Cc3ccccc3Br)nc2C1. The summed E-state index contributed by atoms with van der Waals surface area (Å²) >= 11 is 3.53. The highest BCUT2D eigenvalue weighted by Gasteiger charge is 2.20. The second kappa shape index (κ2) is 4.82. The molecular weight excluding hydrogens is 294 g/mol. The minimum absolute atomic E-state index is 0.266. The number of aryl methyl sites for hydroxylation is 1. The molecule has 1 aromatic carbocycles. The first-order valence-electron chi connectivity index (χ1n) is 6.06. The van der Waals surface area contributed by atoms with Crippen LogP contribution >= 0.6 is 15.9 Å². The zero-order chi connectivity index (χ0) is 12.5. The van der Waals surface area contributed by atoms with Crippen molar-refractivity contribution in [1.82, 2.24) is 14.8 Å². The van der Waals surface area contributed by atoms with Crippen molar-refractivity contribution in [2.75, 3.05) is 0 Å². The number of rotatable bonds is 2. The summed E-state index contributed by atoms with van der Waals surface area (Å²) in [5.41, 5.74) is 1.18. The molecule has 0 radical (unpaired) electrons. The Labute approximate surface area is 114 Å². The van der Waals surface area contributed by atoms with Gasteiger partial charge in [0.2, 0.25) is 0 Å². The van der Waals surface area contributed by atoms with Gasteiger partial charge in [0.15, 0.2) is 5.82 Å². The molecular formula is C13H14BrN3O. The van der Waals surface area contributed by atoms with Crippen LogP contribution in [0.2, 0.25) is 0 Å². The summed E-state index contributed by atoms with van der Waals surface area (Å²) in [6.07, 6.45) is 1.84. The van der Waals surface area contributed by atoms with Gasteiger partial charge in [-0.05, 0) is 18.1 Å². The molecule has 18 heavy (non-hydrogen) atoms. The van der Waals surface area contributed by atoms with E-state index in [0.29, 0.717) is 6.42 Å². The van der Waals surface area contributed by atoms with E-state index in [9.17, 15) is 5.11 Å². The van der Waals surface area contributed by atoms with Crippen LogP contribution in [0.4, 0.5) is 0 Å². The van der Waals surface area contributed by atoms with Crippen molar-refractivity contribution >= 4 is 15.9 Å². The molecule has 0 aliphatic carbocycles. The van der Waals surface area contributed by atoms with E-state index in [1.807, 2.05) is 22.9 Å². The quantitative estimate of drug-likeness (QED) is 0.922. The molecule has 0 saturated carbocycles. The topological polar surface area (TPSA) is 50.9 Å². The molecule has 1 unspecified atom stereocenters. The lowest BCUT2D eigenvalue weighted by Gasteiger charge is -2.16. The summed E-state index contributed by atoms with van der Waals surface area (Å²) in [7, 11) is 0. The largest absolute Gasteiger partial charge is 0.393 e. The van der Waals surface area contributed by atoms with Crippen LogP contribution in [0.1, 0.15) is 23.6 Å². The van der Waals surface area contributed by atoms with Gasteiger partial charge in [0.25, 0.3) is 0 Å². The summed E-state index contributed by atoms with van der Waals surface area (Å²) in [5.74, 6) is 1.72. The molecule has 1 aliphatic rings. The van der Waals surface area contributed by atoms with Crippen molar-refractivity contribution < 1.29 is 5.11 Å². The number of nitrogens with zero attached hydrogens (tertiary/aromatic N) is 3. The molecule has 0 spiro atoms. The molecule has 5 heteroatoms. The van der Waals surface area contributed by atoms with Crippen LogP contribution in [-0.2, 0) is 19.4 Å². The molecule has 0 fully saturated rings. The lowest BCUT2D eigenvalue weighted by molar-refractivity contribution is 0.138. The van der Waals surface area contributed by atoms with E-state index in [1.54, 1.807) is 0 Å². The molecule has 0 bridgehead atoms.